The number of nitrogens with one attached hydrogen (secondary N) is 2. The van der Waals surface area contributed by atoms with Crippen molar-refractivity contribution in [1.82, 2.24) is 24.4 Å². The lowest BCUT2D eigenvalue weighted by Gasteiger charge is -2.16. The van der Waals surface area contributed by atoms with E-state index in [2.05, 4.69) is 15.6 Å². The van der Waals surface area contributed by atoms with Gasteiger partial charge in [-0.1, -0.05) is 6.92 Å². The monoisotopic (exact) mass is 435 g/mol. The van der Waals surface area contributed by atoms with Gasteiger partial charge in [0.1, 0.15) is 17.0 Å². The number of pyridine rings is 1. The largest absolute Gasteiger partial charge is 0.395 e. The Morgan fingerprint density at radius 2 is 2.09 bits per heavy atom. The summed E-state index contributed by atoms with van der Waals surface area (Å²) in [7, 11) is 3.73. The molecule has 166 valence electrons. The SMILES string of the molecule is CC[C@@H](CO)NCCn1c(-c2cc(F)cc(C#N)c2)cc2c3c(ncn3C)c(NC)nc21. The molecule has 9 heteroatoms. The van der Waals surface area contributed by atoms with Crippen molar-refractivity contribution in [2.24, 2.45) is 7.05 Å². The molecule has 3 N–H and O–H groups in total. The van der Waals surface area contributed by atoms with E-state index in [9.17, 15) is 14.8 Å². The number of benzene rings is 1. The predicted octanol–water partition coefficient (Wildman–Crippen LogP) is 3.00. The first-order valence-electron chi connectivity index (χ1n) is 10.6. The standard InChI is InChI=1S/C23H26FN7O/c1-4-17(12-32)27-5-6-31-19(15-7-14(11-25)8-16(24)9-15)10-18-21-20(28-13-30(21)3)22(26-2)29-23(18)31/h7-10,13,17,27,32H,4-6,12H2,1-3H3,(H,26,29)/t17-/m0/s1. The van der Waals surface area contributed by atoms with E-state index in [0.717, 1.165) is 34.2 Å². The molecule has 0 radical (unpaired) electrons. The molecule has 8 nitrogen and oxygen atoms in total. The molecule has 4 aromatic rings. The number of hydrogen-bond acceptors (Lipinski definition) is 6. The number of nitriles is 1. The van der Waals surface area contributed by atoms with Crippen molar-refractivity contribution in [3.8, 4) is 17.3 Å². The summed E-state index contributed by atoms with van der Waals surface area (Å²) < 4.78 is 18.2. The van der Waals surface area contributed by atoms with E-state index in [0.29, 0.717) is 24.5 Å². The Bertz CT molecular complexity index is 1310. The Balaban J connectivity index is 1.93. The van der Waals surface area contributed by atoms with Crippen LogP contribution in [-0.2, 0) is 13.6 Å². The quantitative estimate of drug-likeness (QED) is 0.393. The second-order valence-corrected chi connectivity index (χ2v) is 7.76. The van der Waals surface area contributed by atoms with E-state index >= 15 is 0 Å². The van der Waals surface area contributed by atoms with Crippen LogP contribution in [0.4, 0.5) is 10.2 Å². The van der Waals surface area contributed by atoms with Crippen LogP contribution >= 0.6 is 0 Å². The Labute approximate surface area is 185 Å². The van der Waals surface area contributed by atoms with Crippen molar-refractivity contribution in [1.29, 1.82) is 5.26 Å². The van der Waals surface area contributed by atoms with E-state index in [1.165, 1.54) is 12.1 Å². The van der Waals surface area contributed by atoms with Crippen LogP contribution in [0.2, 0.25) is 0 Å². The molecular formula is C23H26FN7O. The Morgan fingerprint density at radius 3 is 2.78 bits per heavy atom. The number of rotatable bonds is 8. The molecule has 0 saturated carbocycles. The fourth-order valence-corrected chi connectivity index (χ4v) is 4.07. The zero-order valence-corrected chi connectivity index (χ0v) is 18.4. The van der Waals surface area contributed by atoms with Gasteiger partial charge in [-0.3, -0.25) is 0 Å². The average Bonchev–Trinajstić information content (AvgIpc) is 3.36. The van der Waals surface area contributed by atoms with Gasteiger partial charge in [-0.25, -0.2) is 14.4 Å². The van der Waals surface area contributed by atoms with Crippen molar-refractivity contribution in [2.45, 2.75) is 25.9 Å². The molecule has 3 aromatic heterocycles. The number of fused-ring (bicyclic) bond motifs is 3. The number of aromatic nitrogens is 4. The van der Waals surface area contributed by atoms with Gasteiger partial charge in [0.25, 0.3) is 0 Å². The molecule has 0 unspecified atom stereocenters. The summed E-state index contributed by atoms with van der Waals surface area (Å²) in [5, 5.41) is 26.2. The number of aliphatic hydroxyl groups is 1. The summed E-state index contributed by atoms with van der Waals surface area (Å²) in [6.45, 7) is 3.22. The van der Waals surface area contributed by atoms with Gasteiger partial charge in [0, 0.05) is 44.2 Å². The second kappa shape index (κ2) is 8.94. The number of aryl methyl sites for hydroxylation is 1. The molecule has 32 heavy (non-hydrogen) atoms. The van der Waals surface area contributed by atoms with Crippen molar-refractivity contribution in [3.05, 3.63) is 42.0 Å². The number of nitrogens with zero attached hydrogens (tertiary/aromatic N) is 5. The third-order valence-corrected chi connectivity index (χ3v) is 5.74. The van der Waals surface area contributed by atoms with Crippen LogP contribution in [-0.4, -0.2) is 50.4 Å². The lowest BCUT2D eigenvalue weighted by atomic mass is 10.1. The molecule has 0 aliphatic rings. The van der Waals surface area contributed by atoms with E-state index in [1.54, 1.807) is 19.4 Å². The fraction of sp³-hybridized carbons (Fsp3) is 0.348. The number of anilines is 1. The van der Waals surface area contributed by atoms with Crippen molar-refractivity contribution < 1.29 is 9.50 Å². The molecule has 0 aliphatic carbocycles. The number of hydrogen-bond donors (Lipinski definition) is 3. The van der Waals surface area contributed by atoms with E-state index in [1.807, 2.05) is 35.2 Å². The summed E-state index contributed by atoms with van der Waals surface area (Å²) in [5.74, 6) is 0.195. The number of halogens is 1. The van der Waals surface area contributed by atoms with E-state index in [4.69, 9.17) is 4.98 Å². The minimum atomic E-state index is -0.463. The van der Waals surface area contributed by atoms with Gasteiger partial charge in [-0.05, 0) is 30.7 Å². The first-order chi connectivity index (χ1) is 15.5. The summed E-state index contributed by atoms with van der Waals surface area (Å²) in [6.07, 6.45) is 2.55. The minimum absolute atomic E-state index is 0.00393. The van der Waals surface area contributed by atoms with Crippen LogP contribution in [0.25, 0.3) is 33.3 Å². The molecule has 0 amide bonds. The zero-order chi connectivity index (χ0) is 22.8. The molecule has 0 saturated heterocycles. The summed E-state index contributed by atoms with van der Waals surface area (Å²) in [5.41, 5.74) is 4.05. The van der Waals surface area contributed by atoms with Gasteiger partial charge in [0.2, 0.25) is 0 Å². The summed E-state index contributed by atoms with van der Waals surface area (Å²) >= 11 is 0. The van der Waals surface area contributed by atoms with Gasteiger partial charge in [-0.15, -0.1) is 0 Å². The van der Waals surface area contributed by atoms with Crippen LogP contribution < -0.4 is 10.6 Å². The lowest BCUT2D eigenvalue weighted by Crippen LogP contribution is -2.34. The smallest absolute Gasteiger partial charge is 0.156 e. The van der Waals surface area contributed by atoms with Crippen LogP contribution in [0.5, 0.6) is 0 Å². The maximum absolute atomic E-state index is 14.3. The second-order valence-electron chi connectivity index (χ2n) is 7.76. The third kappa shape index (κ3) is 3.79. The van der Waals surface area contributed by atoms with Gasteiger partial charge in [0.15, 0.2) is 5.82 Å². The highest BCUT2D eigenvalue weighted by molar-refractivity contribution is 6.07. The topological polar surface area (TPSA) is 104 Å². The lowest BCUT2D eigenvalue weighted by molar-refractivity contribution is 0.238. The highest BCUT2D eigenvalue weighted by Crippen LogP contribution is 2.34. The van der Waals surface area contributed by atoms with Gasteiger partial charge in [0.05, 0.1) is 35.8 Å². The van der Waals surface area contributed by atoms with Gasteiger partial charge < -0.3 is 24.9 Å². The molecule has 3 heterocycles. The number of aliphatic hydroxyl groups excluding tert-OH is 1. The predicted molar refractivity (Wildman–Crippen MR) is 123 cm³/mol. The highest BCUT2D eigenvalue weighted by Gasteiger charge is 2.20. The molecule has 0 spiro atoms. The number of imidazole rings is 1. The molecule has 1 aromatic carbocycles. The summed E-state index contributed by atoms with van der Waals surface area (Å²) in [6, 6.07) is 8.35. The van der Waals surface area contributed by atoms with Crippen LogP contribution in [0.3, 0.4) is 0 Å². The maximum Gasteiger partial charge on any atom is 0.156 e. The first-order valence-corrected chi connectivity index (χ1v) is 10.6. The third-order valence-electron chi connectivity index (χ3n) is 5.74. The van der Waals surface area contributed by atoms with E-state index in [-0.39, 0.29) is 18.2 Å². The van der Waals surface area contributed by atoms with Gasteiger partial charge in [-0.2, -0.15) is 5.26 Å². The molecule has 0 aliphatic heterocycles. The molecular weight excluding hydrogens is 409 g/mol. The zero-order valence-electron chi connectivity index (χ0n) is 18.4. The molecule has 4 rings (SSSR count). The van der Waals surface area contributed by atoms with Crippen molar-refractivity contribution in [2.75, 3.05) is 25.5 Å². The maximum atomic E-state index is 14.3. The molecule has 0 bridgehead atoms. The van der Waals surface area contributed by atoms with E-state index < -0.39 is 5.82 Å². The normalized spacial score (nSPS) is 12.4. The van der Waals surface area contributed by atoms with Crippen molar-refractivity contribution in [3.63, 3.8) is 0 Å². The van der Waals surface area contributed by atoms with Crippen LogP contribution in [0.1, 0.15) is 18.9 Å². The van der Waals surface area contributed by atoms with Gasteiger partial charge >= 0.3 is 0 Å². The van der Waals surface area contributed by atoms with Crippen LogP contribution in [0, 0.1) is 17.1 Å². The highest BCUT2D eigenvalue weighted by atomic mass is 19.1. The molecule has 1 atom stereocenters. The minimum Gasteiger partial charge on any atom is -0.395 e. The molecule has 0 fully saturated rings. The Kier molecular flexibility index (Phi) is 6.08. The first kappa shape index (κ1) is 21.7. The summed E-state index contributed by atoms with van der Waals surface area (Å²) in [4.78, 5) is 9.31. The Hall–Kier alpha value is -3.48. The average molecular weight is 436 g/mol. The fourth-order valence-electron chi connectivity index (χ4n) is 4.07. The van der Waals surface area contributed by atoms with Crippen molar-refractivity contribution >= 4 is 27.9 Å². The van der Waals surface area contributed by atoms with Crippen LogP contribution in [0.15, 0.2) is 30.6 Å². The Morgan fingerprint density at radius 1 is 1.28 bits per heavy atom.